The van der Waals surface area contributed by atoms with Crippen LogP contribution in [0.5, 0.6) is 0 Å². The van der Waals surface area contributed by atoms with Crippen LogP contribution in [-0.4, -0.2) is 36.1 Å². The number of pyridine rings is 1. The lowest BCUT2D eigenvalue weighted by atomic mass is 10.1. The molecule has 1 aromatic heterocycles. The Kier molecular flexibility index (Phi) is 6.00. The van der Waals surface area contributed by atoms with Gasteiger partial charge in [0.1, 0.15) is 0 Å². The van der Waals surface area contributed by atoms with E-state index in [1.54, 1.807) is 0 Å². The van der Waals surface area contributed by atoms with Crippen molar-refractivity contribution in [2.75, 3.05) is 31.5 Å². The van der Waals surface area contributed by atoms with Crippen LogP contribution < -0.4 is 5.32 Å². The molecule has 1 N–H and O–H groups in total. The minimum Gasteiger partial charge on any atom is -0.384 e. The van der Waals surface area contributed by atoms with Gasteiger partial charge in [-0.1, -0.05) is 26.0 Å². The molecule has 21 heavy (non-hydrogen) atoms. The lowest BCUT2D eigenvalue weighted by molar-refractivity contribution is 0.298. The Morgan fingerprint density at radius 2 is 1.90 bits per heavy atom. The molecule has 1 aromatic carbocycles. The molecular weight excluding hydrogens is 258 g/mol. The first-order valence-corrected chi connectivity index (χ1v) is 8.06. The Morgan fingerprint density at radius 1 is 1.10 bits per heavy atom. The highest BCUT2D eigenvalue weighted by Crippen LogP contribution is 2.22. The third-order valence-electron chi connectivity index (χ3n) is 4.01. The van der Waals surface area contributed by atoms with Crippen LogP contribution in [0.2, 0.25) is 0 Å². The Balaban J connectivity index is 1.86. The van der Waals surface area contributed by atoms with Crippen LogP contribution in [0.25, 0.3) is 10.9 Å². The van der Waals surface area contributed by atoms with Crippen molar-refractivity contribution in [2.24, 2.45) is 0 Å². The summed E-state index contributed by atoms with van der Waals surface area (Å²) in [6.45, 7) is 11.1. The first-order valence-electron chi connectivity index (χ1n) is 8.06. The Labute approximate surface area is 128 Å². The van der Waals surface area contributed by atoms with Crippen LogP contribution in [0.1, 0.15) is 32.3 Å². The van der Waals surface area contributed by atoms with Gasteiger partial charge in [-0.25, -0.2) is 0 Å². The zero-order valence-electron chi connectivity index (χ0n) is 13.5. The van der Waals surface area contributed by atoms with Gasteiger partial charge in [-0.05, 0) is 57.1 Å². The summed E-state index contributed by atoms with van der Waals surface area (Å²) in [5, 5.41) is 4.77. The van der Waals surface area contributed by atoms with Gasteiger partial charge in [-0.15, -0.1) is 0 Å². The summed E-state index contributed by atoms with van der Waals surface area (Å²) in [5.74, 6) is 0. The Morgan fingerprint density at radius 3 is 2.67 bits per heavy atom. The Hall–Kier alpha value is -1.61. The van der Waals surface area contributed by atoms with Crippen LogP contribution in [-0.2, 0) is 0 Å². The number of hydrogen-bond acceptors (Lipinski definition) is 3. The zero-order chi connectivity index (χ0) is 15.1. The highest BCUT2D eigenvalue weighted by molar-refractivity contribution is 5.91. The van der Waals surface area contributed by atoms with Gasteiger partial charge in [0.05, 0.1) is 5.52 Å². The largest absolute Gasteiger partial charge is 0.384 e. The van der Waals surface area contributed by atoms with Crippen molar-refractivity contribution >= 4 is 16.6 Å². The highest BCUT2D eigenvalue weighted by Gasteiger charge is 2.02. The normalized spacial score (nSPS) is 11.2. The summed E-state index contributed by atoms with van der Waals surface area (Å²) in [5.41, 5.74) is 3.53. The van der Waals surface area contributed by atoms with Crippen molar-refractivity contribution in [1.82, 2.24) is 9.88 Å². The van der Waals surface area contributed by atoms with Crippen molar-refractivity contribution in [3.8, 4) is 0 Å². The summed E-state index contributed by atoms with van der Waals surface area (Å²) in [6, 6.07) is 8.52. The number of benzene rings is 1. The predicted octanol–water partition coefficient (Wildman–Crippen LogP) is 4.08. The first kappa shape index (κ1) is 15.8. The van der Waals surface area contributed by atoms with Crippen molar-refractivity contribution in [2.45, 2.75) is 33.6 Å². The molecule has 0 spiro atoms. The molecule has 1 heterocycles. The third-order valence-corrected chi connectivity index (χ3v) is 4.01. The molecule has 0 aliphatic heterocycles. The zero-order valence-corrected chi connectivity index (χ0v) is 13.5. The molecule has 0 aliphatic carbocycles. The number of rotatable bonds is 8. The number of nitrogens with one attached hydrogen (secondary N) is 1. The van der Waals surface area contributed by atoms with E-state index in [1.807, 2.05) is 6.20 Å². The molecule has 0 radical (unpaired) electrons. The topological polar surface area (TPSA) is 28.2 Å². The molecule has 0 aliphatic rings. The lowest BCUT2D eigenvalue weighted by Crippen LogP contribution is -2.24. The minimum absolute atomic E-state index is 1.02. The fraction of sp³-hybridized carbons (Fsp3) is 0.500. The molecule has 3 heteroatoms. The number of nitrogens with zero attached hydrogens (tertiary/aromatic N) is 2. The summed E-state index contributed by atoms with van der Waals surface area (Å²) in [4.78, 5) is 6.92. The molecule has 3 nitrogen and oxygen atoms in total. The molecular formula is C18H27N3. The average Bonchev–Trinajstić information content (AvgIpc) is 2.50. The molecule has 2 aromatic rings. The fourth-order valence-corrected chi connectivity index (χ4v) is 2.64. The van der Waals surface area contributed by atoms with E-state index < -0.39 is 0 Å². The van der Waals surface area contributed by atoms with Gasteiger partial charge in [0.25, 0.3) is 0 Å². The van der Waals surface area contributed by atoms with E-state index in [1.165, 1.54) is 36.0 Å². The fourth-order valence-electron chi connectivity index (χ4n) is 2.64. The number of hydrogen-bond donors (Lipinski definition) is 1. The van der Waals surface area contributed by atoms with E-state index in [0.717, 1.165) is 25.2 Å². The molecule has 2 rings (SSSR count). The maximum atomic E-state index is 4.45. The summed E-state index contributed by atoms with van der Waals surface area (Å²) < 4.78 is 0. The van der Waals surface area contributed by atoms with Gasteiger partial charge < -0.3 is 10.2 Å². The van der Waals surface area contributed by atoms with Crippen molar-refractivity contribution in [3.05, 3.63) is 36.0 Å². The third kappa shape index (κ3) is 4.43. The molecule has 0 fully saturated rings. The van der Waals surface area contributed by atoms with Crippen molar-refractivity contribution in [1.29, 1.82) is 0 Å². The van der Waals surface area contributed by atoms with Crippen molar-refractivity contribution < 1.29 is 0 Å². The Bertz CT molecular complexity index is 561. The molecule has 114 valence electrons. The van der Waals surface area contributed by atoms with Gasteiger partial charge >= 0.3 is 0 Å². The first-order chi connectivity index (χ1) is 10.2. The monoisotopic (exact) mass is 285 g/mol. The van der Waals surface area contributed by atoms with Crippen LogP contribution in [0.3, 0.4) is 0 Å². The number of unbranched alkanes of at least 4 members (excludes halogenated alkanes) is 1. The maximum Gasteiger partial charge on any atom is 0.0725 e. The van der Waals surface area contributed by atoms with Crippen molar-refractivity contribution in [3.63, 3.8) is 0 Å². The van der Waals surface area contributed by atoms with Crippen LogP contribution in [0, 0.1) is 6.92 Å². The standard InChI is InChI=1S/C18H27N3/c1-4-21(5-2)13-7-6-11-19-17-10-12-20-18-14-15(3)8-9-16(17)18/h8-10,12,14H,4-7,11,13H2,1-3H3,(H,19,20). The molecule has 0 bridgehead atoms. The summed E-state index contributed by atoms with van der Waals surface area (Å²) in [7, 11) is 0. The number of fused-ring (bicyclic) bond motifs is 1. The van der Waals surface area contributed by atoms with Gasteiger partial charge in [-0.2, -0.15) is 0 Å². The molecule has 0 atom stereocenters. The number of anilines is 1. The second kappa shape index (κ2) is 7.99. The second-order valence-corrected chi connectivity index (χ2v) is 5.54. The molecule has 0 amide bonds. The predicted molar refractivity (Wildman–Crippen MR) is 92.0 cm³/mol. The van der Waals surface area contributed by atoms with Gasteiger partial charge in [0, 0.05) is 23.8 Å². The molecule has 0 unspecified atom stereocenters. The van der Waals surface area contributed by atoms with E-state index in [9.17, 15) is 0 Å². The van der Waals surface area contributed by atoms with Crippen LogP contribution in [0.4, 0.5) is 5.69 Å². The quantitative estimate of drug-likeness (QED) is 0.741. The second-order valence-electron chi connectivity index (χ2n) is 5.54. The average molecular weight is 285 g/mol. The van der Waals surface area contributed by atoms with Crippen LogP contribution in [0.15, 0.2) is 30.5 Å². The van der Waals surface area contributed by atoms with E-state index in [4.69, 9.17) is 0 Å². The van der Waals surface area contributed by atoms with E-state index >= 15 is 0 Å². The SMILES string of the molecule is CCN(CC)CCCCNc1ccnc2cc(C)ccc12. The smallest absolute Gasteiger partial charge is 0.0725 e. The number of aromatic nitrogens is 1. The van der Waals surface area contributed by atoms with Crippen LogP contribution >= 0.6 is 0 Å². The van der Waals surface area contributed by atoms with E-state index in [0.29, 0.717) is 0 Å². The summed E-state index contributed by atoms with van der Waals surface area (Å²) >= 11 is 0. The number of aryl methyl sites for hydroxylation is 1. The lowest BCUT2D eigenvalue weighted by Gasteiger charge is -2.17. The minimum atomic E-state index is 1.02. The van der Waals surface area contributed by atoms with Gasteiger partial charge in [0.15, 0.2) is 0 Å². The highest BCUT2D eigenvalue weighted by atomic mass is 15.1. The summed E-state index contributed by atoms with van der Waals surface area (Å²) in [6.07, 6.45) is 4.34. The molecule has 0 saturated carbocycles. The van der Waals surface area contributed by atoms with E-state index in [-0.39, 0.29) is 0 Å². The van der Waals surface area contributed by atoms with E-state index in [2.05, 4.69) is 60.2 Å². The van der Waals surface area contributed by atoms with Gasteiger partial charge in [0.2, 0.25) is 0 Å². The molecule has 0 saturated heterocycles. The van der Waals surface area contributed by atoms with Gasteiger partial charge in [-0.3, -0.25) is 4.98 Å². The maximum absolute atomic E-state index is 4.45.